The van der Waals surface area contributed by atoms with E-state index in [0.717, 1.165) is 0 Å². The van der Waals surface area contributed by atoms with Crippen molar-refractivity contribution in [2.24, 2.45) is 7.05 Å². The molecule has 0 atom stereocenters. The second-order valence-corrected chi connectivity index (χ2v) is 5.66. The van der Waals surface area contributed by atoms with Crippen molar-refractivity contribution in [3.05, 3.63) is 59.9 Å². The van der Waals surface area contributed by atoms with Crippen LogP contribution in [0.4, 0.5) is 5.69 Å². The van der Waals surface area contributed by atoms with Gasteiger partial charge in [-0.25, -0.2) is 4.98 Å². The summed E-state index contributed by atoms with van der Waals surface area (Å²) in [5, 5.41) is 6.46. The monoisotopic (exact) mass is 354 g/mol. The van der Waals surface area contributed by atoms with Gasteiger partial charge in [-0.1, -0.05) is 12.1 Å². The van der Waals surface area contributed by atoms with E-state index < -0.39 is 0 Å². The normalized spacial score (nSPS) is 10.5. The summed E-state index contributed by atoms with van der Waals surface area (Å²) in [6.45, 7) is 0. The molecule has 0 saturated carbocycles. The Hall–Kier alpha value is -3.42. The third kappa shape index (κ3) is 3.97. The average Bonchev–Trinajstić information content (AvgIpc) is 3.28. The quantitative estimate of drug-likeness (QED) is 0.653. The standard InChI is InChI=1S/C18H18N4O4/c1-22-9-8-19-18(22)17(24)12-4-3-5-13(10-12)20-15(23)7-6-14-11-16(25-2)21-26-14/h3-5,8-11H,6-7H2,1-2H3,(H,20,23). The lowest BCUT2D eigenvalue weighted by molar-refractivity contribution is -0.116. The summed E-state index contributed by atoms with van der Waals surface area (Å²) >= 11 is 0. The number of anilines is 1. The molecule has 26 heavy (non-hydrogen) atoms. The summed E-state index contributed by atoms with van der Waals surface area (Å²) < 4.78 is 11.6. The van der Waals surface area contributed by atoms with E-state index in [0.29, 0.717) is 35.1 Å². The van der Waals surface area contributed by atoms with Gasteiger partial charge in [-0.3, -0.25) is 9.59 Å². The third-order valence-electron chi connectivity index (χ3n) is 3.78. The number of ketones is 1. The molecule has 1 aromatic carbocycles. The van der Waals surface area contributed by atoms with E-state index in [1.807, 2.05) is 0 Å². The van der Waals surface area contributed by atoms with E-state index in [1.54, 1.807) is 54.3 Å². The number of aromatic nitrogens is 3. The number of amides is 1. The van der Waals surface area contributed by atoms with Crippen molar-refractivity contribution < 1.29 is 18.8 Å². The molecule has 0 aliphatic rings. The van der Waals surface area contributed by atoms with Crippen molar-refractivity contribution >= 4 is 17.4 Å². The Kier molecular flexibility index (Phi) is 5.12. The van der Waals surface area contributed by atoms with Crippen LogP contribution in [-0.2, 0) is 18.3 Å². The van der Waals surface area contributed by atoms with Crippen LogP contribution in [0.15, 0.2) is 47.2 Å². The molecule has 2 aromatic heterocycles. The van der Waals surface area contributed by atoms with E-state index in [9.17, 15) is 9.59 Å². The zero-order valence-corrected chi connectivity index (χ0v) is 14.4. The van der Waals surface area contributed by atoms with E-state index >= 15 is 0 Å². The number of rotatable bonds is 7. The predicted molar refractivity (Wildman–Crippen MR) is 93.1 cm³/mol. The van der Waals surface area contributed by atoms with Gasteiger partial charge in [0, 0.05) is 49.6 Å². The number of imidazole rings is 1. The molecule has 0 aliphatic carbocycles. The van der Waals surface area contributed by atoms with Crippen LogP contribution in [0, 0.1) is 0 Å². The van der Waals surface area contributed by atoms with Gasteiger partial charge in [-0.05, 0) is 17.3 Å². The van der Waals surface area contributed by atoms with Gasteiger partial charge in [0.2, 0.25) is 11.7 Å². The number of nitrogens with one attached hydrogen (secondary N) is 1. The maximum absolute atomic E-state index is 12.5. The van der Waals surface area contributed by atoms with Crippen LogP contribution in [0.1, 0.15) is 28.4 Å². The Morgan fingerprint density at radius 1 is 1.31 bits per heavy atom. The molecule has 3 rings (SSSR count). The van der Waals surface area contributed by atoms with Gasteiger partial charge in [0.05, 0.1) is 7.11 Å². The lowest BCUT2D eigenvalue weighted by atomic mass is 10.1. The highest BCUT2D eigenvalue weighted by Gasteiger charge is 2.14. The second kappa shape index (κ2) is 7.64. The fourth-order valence-electron chi connectivity index (χ4n) is 2.42. The minimum Gasteiger partial charge on any atom is -0.479 e. The minimum absolute atomic E-state index is 0.193. The van der Waals surface area contributed by atoms with Crippen LogP contribution in [-0.4, -0.2) is 33.5 Å². The highest BCUT2D eigenvalue weighted by Crippen LogP contribution is 2.16. The van der Waals surface area contributed by atoms with E-state index in [1.165, 1.54) is 7.11 Å². The summed E-state index contributed by atoms with van der Waals surface area (Å²) in [4.78, 5) is 28.7. The van der Waals surface area contributed by atoms with Gasteiger partial charge < -0.3 is 19.1 Å². The number of benzene rings is 1. The highest BCUT2D eigenvalue weighted by atomic mass is 16.5. The van der Waals surface area contributed by atoms with Crippen molar-refractivity contribution in [3.63, 3.8) is 0 Å². The first-order valence-electron chi connectivity index (χ1n) is 7.98. The van der Waals surface area contributed by atoms with E-state index in [4.69, 9.17) is 9.26 Å². The number of carbonyl (C=O) groups is 2. The first-order valence-corrected chi connectivity index (χ1v) is 7.98. The molecule has 0 spiro atoms. The third-order valence-corrected chi connectivity index (χ3v) is 3.78. The first kappa shape index (κ1) is 17.4. The van der Waals surface area contributed by atoms with Crippen LogP contribution < -0.4 is 10.1 Å². The summed E-state index contributed by atoms with van der Waals surface area (Å²) in [7, 11) is 3.25. The molecular weight excluding hydrogens is 336 g/mol. The molecule has 2 heterocycles. The molecule has 0 radical (unpaired) electrons. The number of aryl methyl sites for hydroxylation is 2. The molecule has 8 heteroatoms. The van der Waals surface area contributed by atoms with Gasteiger partial charge in [-0.2, -0.15) is 0 Å². The molecule has 0 bridgehead atoms. The molecule has 0 aliphatic heterocycles. The van der Waals surface area contributed by atoms with Gasteiger partial charge in [0.25, 0.3) is 5.88 Å². The van der Waals surface area contributed by atoms with Crippen molar-refractivity contribution in [2.75, 3.05) is 12.4 Å². The summed E-state index contributed by atoms with van der Waals surface area (Å²) in [6.07, 6.45) is 3.89. The zero-order valence-electron chi connectivity index (χ0n) is 14.4. The molecule has 134 valence electrons. The number of ether oxygens (including phenoxy) is 1. The Morgan fingerprint density at radius 3 is 2.85 bits per heavy atom. The van der Waals surface area contributed by atoms with Crippen LogP contribution in [0.25, 0.3) is 0 Å². The van der Waals surface area contributed by atoms with Crippen LogP contribution in [0.3, 0.4) is 0 Å². The van der Waals surface area contributed by atoms with Crippen molar-refractivity contribution in [2.45, 2.75) is 12.8 Å². The number of methoxy groups -OCH3 is 1. The number of hydrogen-bond donors (Lipinski definition) is 1. The average molecular weight is 354 g/mol. The van der Waals surface area contributed by atoms with Crippen molar-refractivity contribution in [3.8, 4) is 5.88 Å². The summed E-state index contributed by atoms with van der Waals surface area (Å²) in [5.74, 6) is 0.883. The summed E-state index contributed by atoms with van der Waals surface area (Å²) in [6, 6.07) is 8.40. The Bertz CT molecular complexity index is 929. The fraction of sp³-hybridized carbons (Fsp3) is 0.222. The number of nitrogens with zero attached hydrogens (tertiary/aromatic N) is 3. The van der Waals surface area contributed by atoms with Crippen molar-refractivity contribution in [1.29, 1.82) is 0 Å². The number of hydrogen-bond acceptors (Lipinski definition) is 6. The lowest BCUT2D eigenvalue weighted by Gasteiger charge is -2.07. The molecule has 8 nitrogen and oxygen atoms in total. The molecule has 0 saturated heterocycles. The van der Waals surface area contributed by atoms with Crippen LogP contribution in [0.2, 0.25) is 0 Å². The minimum atomic E-state index is -0.206. The zero-order chi connectivity index (χ0) is 18.5. The molecule has 1 amide bonds. The molecular formula is C18H18N4O4. The van der Waals surface area contributed by atoms with Gasteiger partial charge >= 0.3 is 0 Å². The van der Waals surface area contributed by atoms with Crippen molar-refractivity contribution in [1.82, 2.24) is 14.7 Å². The fourth-order valence-corrected chi connectivity index (χ4v) is 2.42. The van der Waals surface area contributed by atoms with Gasteiger partial charge in [0.15, 0.2) is 5.82 Å². The second-order valence-electron chi connectivity index (χ2n) is 5.66. The summed E-state index contributed by atoms with van der Waals surface area (Å²) in [5.41, 5.74) is 1.00. The Balaban J connectivity index is 1.62. The SMILES string of the molecule is COc1cc(CCC(=O)Nc2cccc(C(=O)c3nccn3C)c2)on1. The largest absolute Gasteiger partial charge is 0.479 e. The van der Waals surface area contributed by atoms with Crippen LogP contribution >= 0.6 is 0 Å². The maximum Gasteiger partial charge on any atom is 0.254 e. The highest BCUT2D eigenvalue weighted by molar-refractivity contribution is 6.07. The van der Waals surface area contributed by atoms with E-state index in [2.05, 4.69) is 15.5 Å². The number of carbonyl (C=O) groups excluding carboxylic acids is 2. The lowest BCUT2D eigenvalue weighted by Crippen LogP contribution is -2.13. The molecule has 1 N–H and O–H groups in total. The topological polar surface area (TPSA) is 99.2 Å². The van der Waals surface area contributed by atoms with Gasteiger partial charge in [0.1, 0.15) is 5.76 Å². The Labute approximate surface area is 149 Å². The smallest absolute Gasteiger partial charge is 0.254 e. The van der Waals surface area contributed by atoms with E-state index in [-0.39, 0.29) is 18.1 Å². The first-order chi connectivity index (χ1) is 12.6. The molecule has 3 aromatic rings. The molecule has 0 unspecified atom stereocenters. The van der Waals surface area contributed by atoms with Gasteiger partial charge in [-0.15, -0.1) is 0 Å². The molecule has 0 fully saturated rings. The Morgan fingerprint density at radius 2 is 2.15 bits per heavy atom. The maximum atomic E-state index is 12.5. The predicted octanol–water partition coefficient (Wildman–Crippen LogP) is 2.22. The van der Waals surface area contributed by atoms with Crippen LogP contribution in [0.5, 0.6) is 5.88 Å².